The number of ether oxygens (including phenoxy) is 1. The molecule has 1 aliphatic rings. The molecule has 1 saturated heterocycles. The fourth-order valence-electron chi connectivity index (χ4n) is 2.44. The van der Waals surface area contributed by atoms with Crippen LogP contribution in [-0.4, -0.2) is 29.8 Å². The van der Waals surface area contributed by atoms with Gasteiger partial charge in [-0.1, -0.05) is 19.0 Å². The standard InChI is InChI=1S/C13H23N3O2/c1-3-8-17-9-11-15-12(18-16-11)13(4-2)6-5-7-14-10-13/h14H,3-10H2,1-2H3. The lowest BCUT2D eigenvalue weighted by atomic mass is 9.78. The van der Waals surface area contributed by atoms with Crippen LogP contribution in [0.1, 0.15) is 51.2 Å². The summed E-state index contributed by atoms with van der Waals surface area (Å²) < 4.78 is 10.9. The summed E-state index contributed by atoms with van der Waals surface area (Å²) in [6.45, 7) is 7.48. The van der Waals surface area contributed by atoms with Crippen LogP contribution in [0, 0.1) is 0 Å². The zero-order valence-corrected chi connectivity index (χ0v) is 11.4. The molecule has 5 nitrogen and oxygen atoms in total. The van der Waals surface area contributed by atoms with Crippen molar-refractivity contribution in [1.82, 2.24) is 15.5 Å². The highest BCUT2D eigenvalue weighted by molar-refractivity contribution is 5.07. The van der Waals surface area contributed by atoms with Gasteiger partial charge in [0.25, 0.3) is 0 Å². The third-order valence-corrected chi connectivity index (χ3v) is 3.65. The Labute approximate surface area is 108 Å². The molecule has 1 unspecified atom stereocenters. The van der Waals surface area contributed by atoms with Gasteiger partial charge < -0.3 is 14.6 Å². The SMILES string of the molecule is CCCOCc1noc(C2(CC)CCCNC2)n1. The average Bonchev–Trinajstić information content (AvgIpc) is 2.89. The van der Waals surface area contributed by atoms with Crippen LogP contribution >= 0.6 is 0 Å². The van der Waals surface area contributed by atoms with Gasteiger partial charge in [-0.15, -0.1) is 0 Å². The molecular formula is C13H23N3O2. The van der Waals surface area contributed by atoms with Gasteiger partial charge in [-0.05, 0) is 32.2 Å². The van der Waals surface area contributed by atoms with Crippen molar-refractivity contribution in [1.29, 1.82) is 0 Å². The first kappa shape index (κ1) is 13.5. The Bertz CT molecular complexity index is 359. The largest absolute Gasteiger partial charge is 0.373 e. The Morgan fingerprint density at radius 3 is 3.00 bits per heavy atom. The topological polar surface area (TPSA) is 60.2 Å². The summed E-state index contributed by atoms with van der Waals surface area (Å²) in [5.74, 6) is 1.43. The fourth-order valence-corrected chi connectivity index (χ4v) is 2.44. The predicted octanol–water partition coefficient (Wildman–Crippen LogP) is 2.03. The number of rotatable bonds is 6. The van der Waals surface area contributed by atoms with E-state index in [1.165, 1.54) is 0 Å². The molecule has 1 aromatic heterocycles. The van der Waals surface area contributed by atoms with Gasteiger partial charge in [0.15, 0.2) is 5.82 Å². The predicted molar refractivity (Wildman–Crippen MR) is 68.3 cm³/mol. The molecule has 0 bridgehead atoms. The molecular weight excluding hydrogens is 230 g/mol. The van der Waals surface area contributed by atoms with Crippen LogP contribution in [0.5, 0.6) is 0 Å². The van der Waals surface area contributed by atoms with Crippen LogP contribution < -0.4 is 5.32 Å². The van der Waals surface area contributed by atoms with E-state index in [1.807, 2.05) is 0 Å². The number of hydrogen-bond acceptors (Lipinski definition) is 5. The molecule has 2 rings (SSSR count). The lowest BCUT2D eigenvalue weighted by Gasteiger charge is -2.33. The van der Waals surface area contributed by atoms with E-state index in [-0.39, 0.29) is 5.41 Å². The molecule has 1 N–H and O–H groups in total. The second-order valence-electron chi connectivity index (χ2n) is 4.98. The first-order valence-corrected chi connectivity index (χ1v) is 6.92. The number of nitrogens with zero attached hydrogens (tertiary/aromatic N) is 2. The van der Waals surface area contributed by atoms with Crippen LogP contribution in [0.4, 0.5) is 0 Å². The Morgan fingerprint density at radius 1 is 1.44 bits per heavy atom. The molecule has 0 aliphatic carbocycles. The van der Waals surface area contributed by atoms with Crippen molar-refractivity contribution in [2.24, 2.45) is 0 Å². The van der Waals surface area contributed by atoms with E-state index < -0.39 is 0 Å². The molecule has 0 amide bonds. The minimum atomic E-state index is 0.0221. The maximum Gasteiger partial charge on any atom is 0.234 e. The van der Waals surface area contributed by atoms with Crippen LogP contribution in [-0.2, 0) is 16.8 Å². The Morgan fingerprint density at radius 2 is 2.33 bits per heavy atom. The molecule has 2 heterocycles. The molecule has 0 saturated carbocycles. The van der Waals surface area contributed by atoms with E-state index in [4.69, 9.17) is 9.26 Å². The smallest absolute Gasteiger partial charge is 0.234 e. The fraction of sp³-hybridized carbons (Fsp3) is 0.846. The van der Waals surface area contributed by atoms with Gasteiger partial charge in [0, 0.05) is 13.2 Å². The maximum absolute atomic E-state index is 5.45. The molecule has 18 heavy (non-hydrogen) atoms. The maximum atomic E-state index is 5.45. The molecule has 0 spiro atoms. The molecule has 0 aromatic carbocycles. The minimum Gasteiger partial charge on any atom is -0.373 e. The normalized spacial score (nSPS) is 24.3. The van der Waals surface area contributed by atoms with Crippen molar-refractivity contribution >= 4 is 0 Å². The molecule has 1 atom stereocenters. The van der Waals surface area contributed by atoms with Crippen molar-refractivity contribution in [3.05, 3.63) is 11.7 Å². The summed E-state index contributed by atoms with van der Waals surface area (Å²) in [7, 11) is 0. The first-order chi connectivity index (χ1) is 8.80. The first-order valence-electron chi connectivity index (χ1n) is 6.92. The summed E-state index contributed by atoms with van der Waals surface area (Å²) in [6.07, 6.45) is 4.32. The van der Waals surface area contributed by atoms with Crippen molar-refractivity contribution in [3.63, 3.8) is 0 Å². The summed E-state index contributed by atoms with van der Waals surface area (Å²) >= 11 is 0. The lowest BCUT2D eigenvalue weighted by molar-refractivity contribution is 0.114. The van der Waals surface area contributed by atoms with Crippen LogP contribution in [0.2, 0.25) is 0 Å². The van der Waals surface area contributed by atoms with Crippen molar-refractivity contribution < 1.29 is 9.26 Å². The molecule has 1 aliphatic heterocycles. The second kappa shape index (κ2) is 6.29. The third kappa shape index (κ3) is 2.90. The minimum absolute atomic E-state index is 0.0221. The van der Waals surface area contributed by atoms with E-state index in [2.05, 4.69) is 29.3 Å². The molecule has 0 radical (unpaired) electrons. The summed E-state index contributed by atoms with van der Waals surface area (Å²) in [6, 6.07) is 0. The van der Waals surface area contributed by atoms with E-state index >= 15 is 0 Å². The van der Waals surface area contributed by atoms with Gasteiger partial charge in [-0.3, -0.25) is 0 Å². The van der Waals surface area contributed by atoms with Gasteiger partial charge in [0.1, 0.15) is 6.61 Å². The van der Waals surface area contributed by atoms with Crippen LogP contribution in [0.15, 0.2) is 4.52 Å². The highest BCUT2D eigenvalue weighted by Crippen LogP contribution is 2.33. The third-order valence-electron chi connectivity index (χ3n) is 3.65. The van der Waals surface area contributed by atoms with Crippen LogP contribution in [0.25, 0.3) is 0 Å². The van der Waals surface area contributed by atoms with Gasteiger partial charge >= 0.3 is 0 Å². The highest BCUT2D eigenvalue weighted by atomic mass is 16.5. The Balaban J connectivity index is 2.02. The van der Waals surface area contributed by atoms with Gasteiger partial charge in [0.2, 0.25) is 5.89 Å². The quantitative estimate of drug-likeness (QED) is 0.786. The van der Waals surface area contributed by atoms with Crippen molar-refractivity contribution in [2.75, 3.05) is 19.7 Å². The van der Waals surface area contributed by atoms with E-state index in [0.29, 0.717) is 12.4 Å². The number of nitrogens with one attached hydrogen (secondary N) is 1. The Hall–Kier alpha value is -0.940. The van der Waals surface area contributed by atoms with Crippen molar-refractivity contribution in [3.8, 4) is 0 Å². The molecule has 1 aromatic rings. The molecule has 5 heteroatoms. The van der Waals surface area contributed by atoms with Gasteiger partial charge in [-0.25, -0.2) is 0 Å². The summed E-state index contributed by atoms with van der Waals surface area (Å²) in [4.78, 5) is 4.51. The number of piperidine rings is 1. The van der Waals surface area contributed by atoms with Gasteiger partial charge in [0.05, 0.1) is 5.41 Å². The lowest BCUT2D eigenvalue weighted by Crippen LogP contribution is -2.43. The monoisotopic (exact) mass is 253 g/mol. The molecule has 1 fully saturated rings. The summed E-state index contributed by atoms with van der Waals surface area (Å²) in [5, 5.41) is 7.44. The van der Waals surface area contributed by atoms with Gasteiger partial charge in [-0.2, -0.15) is 4.98 Å². The van der Waals surface area contributed by atoms with E-state index in [1.54, 1.807) is 0 Å². The highest BCUT2D eigenvalue weighted by Gasteiger charge is 2.37. The average molecular weight is 253 g/mol. The summed E-state index contributed by atoms with van der Waals surface area (Å²) in [5.41, 5.74) is 0.0221. The van der Waals surface area contributed by atoms with E-state index in [0.717, 1.165) is 51.3 Å². The zero-order valence-electron chi connectivity index (χ0n) is 11.4. The molecule has 102 valence electrons. The zero-order chi connectivity index (χ0) is 12.8. The number of hydrogen-bond donors (Lipinski definition) is 1. The van der Waals surface area contributed by atoms with Crippen molar-refractivity contribution in [2.45, 2.75) is 51.6 Å². The Kier molecular flexibility index (Phi) is 4.72. The number of aromatic nitrogens is 2. The second-order valence-corrected chi connectivity index (χ2v) is 4.98. The van der Waals surface area contributed by atoms with Crippen LogP contribution in [0.3, 0.4) is 0 Å². The van der Waals surface area contributed by atoms with E-state index in [9.17, 15) is 0 Å².